The summed E-state index contributed by atoms with van der Waals surface area (Å²) >= 11 is 0. The van der Waals surface area contributed by atoms with Gasteiger partial charge in [-0.2, -0.15) is 26.3 Å². The zero-order chi connectivity index (χ0) is 27.1. The number of benzene rings is 3. The van der Waals surface area contributed by atoms with Crippen molar-refractivity contribution in [3.05, 3.63) is 107 Å². The normalized spacial score (nSPS) is 25.6. The van der Waals surface area contributed by atoms with Gasteiger partial charge in [0.1, 0.15) is 12.1 Å². The summed E-state index contributed by atoms with van der Waals surface area (Å²) in [4.78, 5) is 0. The molecule has 3 aliphatic rings. The molecule has 2 nitrogen and oxygen atoms in total. The summed E-state index contributed by atoms with van der Waals surface area (Å²) in [5.41, 5.74) is -0.533. The molecule has 3 saturated heterocycles. The molecule has 0 radical (unpaired) electrons. The second kappa shape index (κ2) is 10.0. The van der Waals surface area contributed by atoms with Gasteiger partial charge in [0.15, 0.2) is 0 Å². The number of quaternary nitrogens is 1. The van der Waals surface area contributed by atoms with Gasteiger partial charge in [0.05, 0.1) is 43.8 Å². The first kappa shape index (κ1) is 26.8. The van der Waals surface area contributed by atoms with Crippen LogP contribution in [0.1, 0.15) is 46.6 Å². The highest BCUT2D eigenvalue weighted by atomic mass is 19.4. The van der Waals surface area contributed by atoms with E-state index in [1.807, 2.05) is 36.4 Å². The molecule has 0 spiro atoms. The summed E-state index contributed by atoms with van der Waals surface area (Å²) in [7, 11) is 2.20. The molecule has 8 heteroatoms. The Morgan fingerprint density at radius 2 is 1.24 bits per heavy atom. The molecule has 0 unspecified atom stereocenters. The fraction of sp³-hybridized carbons (Fsp3) is 0.400. The topological polar surface area (TPSA) is 9.23 Å². The van der Waals surface area contributed by atoms with Crippen molar-refractivity contribution in [3.63, 3.8) is 0 Å². The van der Waals surface area contributed by atoms with E-state index >= 15 is 0 Å². The highest BCUT2D eigenvalue weighted by molar-refractivity contribution is 5.35. The zero-order valence-corrected chi connectivity index (χ0v) is 21.0. The average molecular weight is 535 g/mol. The second-order valence-corrected chi connectivity index (χ2v) is 10.7. The Balaban J connectivity index is 1.52. The van der Waals surface area contributed by atoms with Crippen molar-refractivity contribution < 1.29 is 35.6 Å². The predicted molar refractivity (Wildman–Crippen MR) is 132 cm³/mol. The highest BCUT2D eigenvalue weighted by Gasteiger charge is 2.55. The summed E-state index contributed by atoms with van der Waals surface area (Å²) in [5.74, 6) is 0.144. The Morgan fingerprint density at radius 1 is 0.763 bits per heavy atom. The van der Waals surface area contributed by atoms with Crippen molar-refractivity contribution in [1.82, 2.24) is 0 Å². The molecule has 0 amide bonds. The largest absolute Gasteiger partial charge is 0.416 e. The van der Waals surface area contributed by atoms with Crippen LogP contribution < -0.4 is 0 Å². The third-order valence-corrected chi connectivity index (χ3v) is 8.29. The molecule has 3 fully saturated rings. The van der Waals surface area contributed by atoms with Crippen LogP contribution in [0.15, 0.2) is 78.9 Å². The van der Waals surface area contributed by atoms with E-state index in [1.54, 1.807) is 0 Å². The van der Waals surface area contributed by atoms with Gasteiger partial charge in [-0.15, -0.1) is 0 Å². The number of likely N-dealkylation sites (N-methyl/N-ethyl adjacent to an activating group) is 1. The van der Waals surface area contributed by atoms with Crippen LogP contribution in [0.2, 0.25) is 0 Å². The summed E-state index contributed by atoms with van der Waals surface area (Å²) in [6.07, 6.45) is -8.29. The Bertz CT molecular complexity index is 1160. The fourth-order valence-corrected chi connectivity index (χ4v) is 6.42. The van der Waals surface area contributed by atoms with Gasteiger partial charge in [0.2, 0.25) is 0 Å². The lowest BCUT2D eigenvalue weighted by atomic mass is 9.70. The van der Waals surface area contributed by atoms with Crippen molar-refractivity contribution in [2.45, 2.75) is 49.9 Å². The Kier molecular flexibility index (Phi) is 7.07. The molecular formula is C30H30F6NO+. The van der Waals surface area contributed by atoms with E-state index in [1.165, 1.54) is 0 Å². The first-order valence-corrected chi connectivity index (χ1v) is 12.8. The standard InChI is InChI=1S/C30H30F6NO/c1-37-14-12-23(13-15-37)28(27(37)26(21-8-4-2-5-9-21)22-10-6-3-7-11-22)38-19-20-16-24(29(31,32)33)18-25(17-20)30(34,35)36/h2-11,16-18,23,26-28H,12-15,19H2,1H3/q+1/t23?,27-,28-,37?/m1/s1. The Labute approximate surface area is 218 Å². The molecule has 0 aliphatic carbocycles. The van der Waals surface area contributed by atoms with E-state index in [9.17, 15) is 26.3 Å². The van der Waals surface area contributed by atoms with E-state index in [0.717, 1.165) is 53.7 Å². The van der Waals surface area contributed by atoms with E-state index in [0.29, 0.717) is 0 Å². The monoisotopic (exact) mass is 534 g/mol. The molecule has 202 valence electrons. The van der Waals surface area contributed by atoms with Gasteiger partial charge in [-0.25, -0.2) is 0 Å². The number of fused-ring (bicyclic) bond motifs is 3. The van der Waals surface area contributed by atoms with E-state index < -0.39 is 23.5 Å². The van der Waals surface area contributed by atoms with Crippen LogP contribution in [0.4, 0.5) is 26.3 Å². The number of hydrogen-bond donors (Lipinski definition) is 0. The summed E-state index contributed by atoms with van der Waals surface area (Å²) in [5, 5.41) is 0. The van der Waals surface area contributed by atoms with E-state index in [4.69, 9.17) is 4.74 Å². The number of nitrogens with zero attached hydrogens (tertiary/aromatic N) is 1. The predicted octanol–water partition coefficient (Wildman–Crippen LogP) is 7.68. The molecule has 0 saturated carbocycles. The lowest BCUT2D eigenvalue weighted by molar-refractivity contribution is -0.954. The first-order valence-electron chi connectivity index (χ1n) is 12.8. The van der Waals surface area contributed by atoms with Crippen molar-refractivity contribution in [3.8, 4) is 0 Å². The number of hydrogen-bond acceptors (Lipinski definition) is 1. The molecule has 3 aromatic rings. The minimum Gasteiger partial charge on any atom is -0.367 e. The number of halogens is 6. The second-order valence-electron chi connectivity index (χ2n) is 10.7. The maximum Gasteiger partial charge on any atom is 0.416 e. The van der Waals surface area contributed by atoms with Gasteiger partial charge in [-0.1, -0.05) is 60.7 Å². The quantitative estimate of drug-likeness (QED) is 0.233. The minimum absolute atomic E-state index is 0.0391. The lowest BCUT2D eigenvalue weighted by Crippen LogP contribution is -2.70. The Hall–Kier alpha value is -2.84. The van der Waals surface area contributed by atoms with Crippen LogP contribution >= 0.6 is 0 Å². The van der Waals surface area contributed by atoms with E-state index in [2.05, 4.69) is 31.3 Å². The summed E-state index contributed by atoms with van der Waals surface area (Å²) in [6.45, 7) is 1.58. The van der Waals surface area contributed by atoms with Crippen LogP contribution in [-0.2, 0) is 23.7 Å². The number of ether oxygens (including phenoxy) is 1. The van der Waals surface area contributed by atoms with Gasteiger partial charge in [-0.05, 0) is 34.9 Å². The molecule has 2 atom stereocenters. The molecule has 3 aliphatic heterocycles. The van der Waals surface area contributed by atoms with Crippen LogP contribution in [0.5, 0.6) is 0 Å². The van der Waals surface area contributed by atoms with Crippen LogP contribution in [0.3, 0.4) is 0 Å². The zero-order valence-electron chi connectivity index (χ0n) is 21.0. The number of rotatable bonds is 6. The molecule has 0 N–H and O–H groups in total. The maximum absolute atomic E-state index is 13.4. The molecule has 3 heterocycles. The van der Waals surface area contributed by atoms with Gasteiger partial charge in [-0.3, -0.25) is 0 Å². The van der Waals surface area contributed by atoms with Crippen LogP contribution in [0, 0.1) is 5.92 Å². The lowest BCUT2D eigenvalue weighted by Gasteiger charge is -2.58. The number of alkyl halides is 6. The van der Waals surface area contributed by atoms with Crippen molar-refractivity contribution in [1.29, 1.82) is 0 Å². The molecule has 6 rings (SSSR count). The van der Waals surface area contributed by atoms with Gasteiger partial charge in [0.25, 0.3) is 0 Å². The van der Waals surface area contributed by atoms with E-state index in [-0.39, 0.29) is 42.2 Å². The SMILES string of the molecule is C[N+]12CCC(CC1)[C@@H](OCc1cc(C(F)(F)F)cc(C(F)(F)F)c1)[C@H]2C(c1ccccc1)c1ccccc1. The van der Waals surface area contributed by atoms with Crippen LogP contribution in [-0.4, -0.2) is 36.8 Å². The van der Waals surface area contributed by atoms with Gasteiger partial charge < -0.3 is 9.22 Å². The smallest absolute Gasteiger partial charge is 0.367 e. The van der Waals surface area contributed by atoms with Crippen molar-refractivity contribution >= 4 is 0 Å². The highest BCUT2D eigenvalue weighted by Crippen LogP contribution is 2.47. The fourth-order valence-electron chi connectivity index (χ4n) is 6.42. The summed E-state index contributed by atoms with van der Waals surface area (Å²) in [6, 6.07) is 21.8. The Morgan fingerprint density at radius 3 is 1.68 bits per heavy atom. The van der Waals surface area contributed by atoms with Gasteiger partial charge in [0, 0.05) is 18.8 Å². The molecule has 3 aromatic carbocycles. The van der Waals surface area contributed by atoms with Crippen LogP contribution in [0.25, 0.3) is 0 Å². The minimum atomic E-state index is -4.89. The summed E-state index contributed by atoms with van der Waals surface area (Å²) < 4.78 is 87.8. The average Bonchev–Trinajstić information content (AvgIpc) is 2.89. The van der Waals surface area contributed by atoms with Crippen molar-refractivity contribution in [2.24, 2.45) is 5.92 Å². The third-order valence-electron chi connectivity index (χ3n) is 8.29. The first-order chi connectivity index (χ1) is 18.0. The molecule has 2 bridgehead atoms. The maximum atomic E-state index is 13.4. The molecule has 38 heavy (non-hydrogen) atoms. The third kappa shape index (κ3) is 5.34. The molecule has 0 aromatic heterocycles. The van der Waals surface area contributed by atoms with Crippen molar-refractivity contribution in [2.75, 3.05) is 20.1 Å². The van der Waals surface area contributed by atoms with Gasteiger partial charge >= 0.3 is 12.4 Å². The molecular weight excluding hydrogens is 504 g/mol. The number of piperidine rings is 3.